The molecule has 0 spiro atoms. The molecule has 0 aromatic heterocycles. The van der Waals surface area contributed by atoms with Gasteiger partial charge in [0.15, 0.2) is 0 Å². The zero-order valence-electron chi connectivity index (χ0n) is 12.0. The molecule has 1 heterocycles. The molecule has 1 aliphatic rings. The minimum atomic E-state index is 0.206. The smallest absolute Gasteiger partial charge is 0.119 e. The Bertz CT molecular complexity index is 369. The molecule has 0 amide bonds. The zero-order valence-corrected chi connectivity index (χ0v) is 12.0. The lowest BCUT2D eigenvalue weighted by molar-refractivity contribution is 0.185. The molecule has 106 valence electrons. The van der Waals surface area contributed by atoms with Gasteiger partial charge in [-0.2, -0.15) is 0 Å². The zero-order chi connectivity index (χ0) is 13.7. The van der Waals surface area contributed by atoms with Crippen molar-refractivity contribution in [2.45, 2.75) is 45.3 Å². The van der Waals surface area contributed by atoms with Crippen molar-refractivity contribution < 1.29 is 9.84 Å². The molecule has 3 nitrogen and oxygen atoms in total. The molecule has 3 heteroatoms. The molecule has 1 aromatic rings. The van der Waals surface area contributed by atoms with E-state index < -0.39 is 0 Å². The molecule has 1 atom stereocenters. The van der Waals surface area contributed by atoms with E-state index in [-0.39, 0.29) is 12.7 Å². The largest absolute Gasteiger partial charge is 0.491 e. The maximum atomic E-state index is 9.28. The summed E-state index contributed by atoms with van der Waals surface area (Å²) in [4.78, 5) is 2.48. The monoisotopic (exact) mass is 263 g/mol. The van der Waals surface area contributed by atoms with Crippen molar-refractivity contribution in [3.63, 3.8) is 0 Å². The first-order chi connectivity index (χ1) is 9.20. The third kappa shape index (κ3) is 3.95. The lowest BCUT2D eigenvalue weighted by atomic mass is 10.0. The Labute approximate surface area is 116 Å². The van der Waals surface area contributed by atoms with Crippen molar-refractivity contribution >= 4 is 0 Å². The molecule has 1 unspecified atom stereocenters. The van der Waals surface area contributed by atoms with Gasteiger partial charge in [0.05, 0.1) is 6.10 Å². The van der Waals surface area contributed by atoms with Crippen molar-refractivity contribution in [3.05, 3.63) is 29.8 Å². The van der Waals surface area contributed by atoms with Crippen molar-refractivity contribution in [1.29, 1.82) is 0 Å². The van der Waals surface area contributed by atoms with E-state index in [1.54, 1.807) is 0 Å². The van der Waals surface area contributed by atoms with Gasteiger partial charge in [0.25, 0.3) is 0 Å². The number of nitrogens with zero attached hydrogens (tertiary/aromatic N) is 1. The lowest BCUT2D eigenvalue weighted by Gasteiger charge is -2.27. The van der Waals surface area contributed by atoms with Gasteiger partial charge in [-0.25, -0.2) is 0 Å². The van der Waals surface area contributed by atoms with Crippen LogP contribution in [0.25, 0.3) is 0 Å². The second-order valence-electron chi connectivity index (χ2n) is 5.51. The molecular weight excluding hydrogens is 238 g/mol. The number of benzene rings is 1. The van der Waals surface area contributed by atoms with Crippen LogP contribution in [0, 0.1) is 0 Å². The summed E-state index contributed by atoms with van der Waals surface area (Å²) in [5.74, 6) is 0.919. The van der Waals surface area contributed by atoms with Crippen LogP contribution in [0.5, 0.6) is 5.75 Å². The Kier molecular flexibility index (Phi) is 5.23. The highest BCUT2D eigenvalue weighted by Gasteiger charge is 2.22. The van der Waals surface area contributed by atoms with Crippen molar-refractivity contribution in [1.82, 2.24) is 4.90 Å². The van der Waals surface area contributed by atoms with E-state index in [0.717, 1.165) is 25.3 Å². The number of rotatable bonds is 6. The summed E-state index contributed by atoms with van der Waals surface area (Å²) in [6.07, 6.45) is 3.56. The summed E-state index contributed by atoms with van der Waals surface area (Å²) in [5, 5.41) is 9.28. The van der Waals surface area contributed by atoms with Crippen LogP contribution in [0.15, 0.2) is 24.3 Å². The summed E-state index contributed by atoms with van der Waals surface area (Å²) in [7, 11) is 0. The molecule has 1 saturated heterocycles. The fraction of sp³-hybridized carbons (Fsp3) is 0.625. The number of hydrogen-bond donors (Lipinski definition) is 1. The Balaban J connectivity index is 2.08. The van der Waals surface area contributed by atoms with Crippen LogP contribution in [0.1, 0.15) is 44.7 Å². The molecule has 1 aromatic carbocycles. The maximum absolute atomic E-state index is 9.28. The average molecular weight is 263 g/mol. The first-order valence-corrected chi connectivity index (χ1v) is 7.32. The van der Waals surface area contributed by atoms with Gasteiger partial charge in [0, 0.05) is 12.6 Å². The minimum Gasteiger partial charge on any atom is -0.491 e. The predicted molar refractivity (Wildman–Crippen MR) is 77.5 cm³/mol. The van der Waals surface area contributed by atoms with Crippen LogP contribution in [0.4, 0.5) is 0 Å². The van der Waals surface area contributed by atoms with Crippen molar-refractivity contribution in [2.75, 3.05) is 19.7 Å². The van der Waals surface area contributed by atoms with Gasteiger partial charge in [-0.3, -0.25) is 4.90 Å². The molecule has 19 heavy (non-hydrogen) atoms. The van der Waals surface area contributed by atoms with Crippen LogP contribution < -0.4 is 4.74 Å². The van der Waals surface area contributed by atoms with E-state index in [1.165, 1.54) is 18.4 Å². The number of aliphatic hydroxyl groups excluding tert-OH is 1. The average Bonchev–Trinajstić information content (AvgIpc) is 2.90. The van der Waals surface area contributed by atoms with E-state index in [0.29, 0.717) is 6.04 Å². The fourth-order valence-electron chi connectivity index (χ4n) is 2.78. The molecule has 1 N–H and O–H groups in total. The Morgan fingerprint density at radius 1 is 1.16 bits per heavy atom. The predicted octanol–water partition coefficient (Wildman–Crippen LogP) is 2.99. The highest BCUT2D eigenvalue weighted by Crippen LogP contribution is 2.29. The second kappa shape index (κ2) is 6.92. The van der Waals surface area contributed by atoms with Gasteiger partial charge in [-0.15, -0.1) is 0 Å². The number of hydrogen-bond acceptors (Lipinski definition) is 3. The van der Waals surface area contributed by atoms with E-state index in [2.05, 4.69) is 17.0 Å². The van der Waals surface area contributed by atoms with Gasteiger partial charge >= 0.3 is 0 Å². The van der Waals surface area contributed by atoms with Gasteiger partial charge in [0.2, 0.25) is 0 Å². The molecule has 0 radical (unpaired) electrons. The quantitative estimate of drug-likeness (QED) is 0.856. The SMILES string of the molecule is CC(C)Oc1ccc(C(CCO)N2CCCC2)cc1. The number of likely N-dealkylation sites (tertiary alicyclic amines) is 1. The third-order valence-corrected chi connectivity index (χ3v) is 3.62. The minimum absolute atomic E-state index is 0.206. The molecule has 2 rings (SSSR count). The van der Waals surface area contributed by atoms with E-state index in [4.69, 9.17) is 4.74 Å². The Morgan fingerprint density at radius 3 is 2.32 bits per heavy atom. The first-order valence-electron chi connectivity index (χ1n) is 7.32. The number of ether oxygens (including phenoxy) is 1. The maximum Gasteiger partial charge on any atom is 0.119 e. The summed E-state index contributed by atoms with van der Waals surface area (Å²) in [6, 6.07) is 8.69. The van der Waals surface area contributed by atoms with Crippen molar-refractivity contribution in [2.24, 2.45) is 0 Å². The highest BCUT2D eigenvalue weighted by atomic mass is 16.5. The second-order valence-corrected chi connectivity index (χ2v) is 5.51. The Morgan fingerprint density at radius 2 is 1.79 bits per heavy atom. The van der Waals surface area contributed by atoms with Crippen molar-refractivity contribution in [3.8, 4) is 5.75 Å². The molecule has 0 saturated carbocycles. The van der Waals surface area contributed by atoms with Crippen LogP contribution >= 0.6 is 0 Å². The van der Waals surface area contributed by atoms with Gasteiger partial charge in [-0.1, -0.05) is 12.1 Å². The molecular formula is C16H25NO2. The molecule has 1 fully saturated rings. The van der Waals surface area contributed by atoms with Crippen LogP contribution in [-0.2, 0) is 0 Å². The highest BCUT2D eigenvalue weighted by molar-refractivity contribution is 5.29. The van der Waals surface area contributed by atoms with Crippen LogP contribution in [0.2, 0.25) is 0 Å². The fourth-order valence-corrected chi connectivity index (χ4v) is 2.78. The van der Waals surface area contributed by atoms with Gasteiger partial charge < -0.3 is 9.84 Å². The normalized spacial score (nSPS) is 17.9. The van der Waals surface area contributed by atoms with Gasteiger partial charge in [-0.05, 0) is 63.9 Å². The summed E-state index contributed by atoms with van der Waals surface area (Å²) < 4.78 is 5.67. The summed E-state index contributed by atoms with van der Waals surface area (Å²) in [6.45, 7) is 6.61. The first kappa shape index (κ1) is 14.4. The molecule has 0 bridgehead atoms. The Hall–Kier alpha value is -1.06. The standard InChI is InChI=1S/C16H25NO2/c1-13(2)19-15-7-5-14(6-8-15)16(9-12-18)17-10-3-4-11-17/h5-8,13,16,18H,3-4,9-12H2,1-2H3. The summed E-state index contributed by atoms with van der Waals surface area (Å²) in [5.41, 5.74) is 1.28. The third-order valence-electron chi connectivity index (χ3n) is 3.62. The van der Waals surface area contributed by atoms with Gasteiger partial charge in [0.1, 0.15) is 5.75 Å². The van der Waals surface area contributed by atoms with E-state index in [9.17, 15) is 5.11 Å². The van der Waals surface area contributed by atoms with Crippen LogP contribution in [0.3, 0.4) is 0 Å². The summed E-state index contributed by atoms with van der Waals surface area (Å²) >= 11 is 0. The van der Waals surface area contributed by atoms with E-state index in [1.807, 2.05) is 26.0 Å². The van der Waals surface area contributed by atoms with Crippen LogP contribution in [-0.4, -0.2) is 35.8 Å². The van der Waals surface area contributed by atoms with E-state index >= 15 is 0 Å². The number of aliphatic hydroxyl groups is 1. The lowest BCUT2D eigenvalue weighted by Crippen LogP contribution is -2.26. The molecule has 1 aliphatic heterocycles. The molecule has 0 aliphatic carbocycles. The topological polar surface area (TPSA) is 32.7 Å².